The summed E-state index contributed by atoms with van der Waals surface area (Å²) in [5.41, 5.74) is -0.0447. The lowest BCUT2D eigenvalue weighted by atomic mass is 9.98. The number of benzene rings is 1. The number of urea groups is 1. The molecule has 2 amide bonds. The molecule has 22 heavy (non-hydrogen) atoms. The highest BCUT2D eigenvalue weighted by Gasteiger charge is 2.25. The molecule has 0 fully saturated rings. The summed E-state index contributed by atoms with van der Waals surface area (Å²) in [6.07, 6.45) is 1.93. The molecule has 4 nitrogen and oxygen atoms in total. The average Bonchev–Trinajstić information content (AvgIpc) is 2.53. The molecule has 1 aliphatic rings. The van der Waals surface area contributed by atoms with Gasteiger partial charge in [-0.3, -0.25) is 0 Å². The Morgan fingerprint density at radius 2 is 2.18 bits per heavy atom. The largest absolute Gasteiger partial charge is 0.388 e. The second kappa shape index (κ2) is 7.33. The van der Waals surface area contributed by atoms with E-state index in [1.54, 1.807) is 17.8 Å². The summed E-state index contributed by atoms with van der Waals surface area (Å²) in [5.74, 6) is 0.594. The number of hydrogen-bond donors (Lipinski definition) is 3. The Labute approximate surface area is 134 Å². The van der Waals surface area contributed by atoms with E-state index in [1.807, 2.05) is 13.8 Å². The molecule has 1 heterocycles. The Kier molecular flexibility index (Phi) is 5.69. The second-order valence-corrected chi connectivity index (χ2v) is 6.77. The molecule has 3 N–H and O–H groups in total. The molecule has 1 aliphatic heterocycles. The van der Waals surface area contributed by atoms with Crippen LogP contribution in [-0.4, -0.2) is 29.0 Å². The third-order valence-corrected chi connectivity index (χ3v) is 5.33. The van der Waals surface area contributed by atoms with Gasteiger partial charge in [0.05, 0.1) is 11.6 Å². The van der Waals surface area contributed by atoms with Crippen LogP contribution in [0, 0.1) is 5.82 Å². The minimum absolute atomic E-state index is 0.191. The molecule has 0 bridgehead atoms. The van der Waals surface area contributed by atoms with Gasteiger partial charge in [0.25, 0.3) is 0 Å². The van der Waals surface area contributed by atoms with E-state index < -0.39 is 5.60 Å². The van der Waals surface area contributed by atoms with Crippen LogP contribution in [0.15, 0.2) is 23.1 Å². The van der Waals surface area contributed by atoms with E-state index in [-0.39, 0.29) is 24.4 Å². The lowest BCUT2D eigenvalue weighted by molar-refractivity contribution is 0.0348. The molecule has 0 saturated carbocycles. The van der Waals surface area contributed by atoms with E-state index >= 15 is 0 Å². The summed E-state index contributed by atoms with van der Waals surface area (Å²) in [4.78, 5) is 13.1. The number of fused-ring (bicyclic) bond motifs is 1. The van der Waals surface area contributed by atoms with Gasteiger partial charge >= 0.3 is 6.03 Å². The van der Waals surface area contributed by atoms with Crippen LogP contribution in [0.5, 0.6) is 0 Å². The third kappa shape index (κ3) is 4.14. The Balaban J connectivity index is 1.97. The molecule has 2 rings (SSSR count). The van der Waals surface area contributed by atoms with Crippen LogP contribution >= 0.6 is 11.8 Å². The van der Waals surface area contributed by atoms with Crippen molar-refractivity contribution in [3.63, 3.8) is 0 Å². The predicted octanol–water partition coefficient (Wildman–Crippen LogP) is 3.21. The molecule has 0 aromatic heterocycles. The van der Waals surface area contributed by atoms with Crippen LogP contribution in [-0.2, 0) is 0 Å². The molecule has 122 valence electrons. The zero-order valence-corrected chi connectivity index (χ0v) is 13.8. The summed E-state index contributed by atoms with van der Waals surface area (Å²) in [6, 6.07) is 4.17. The van der Waals surface area contributed by atoms with Crippen LogP contribution in [0.4, 0.5) is 9.18 Å². The fourth-order valence-corrected chi connectivity index (χ4v) is 3.57. The molecule has 0 aliphatic carbocycles. The molecule has 1 aromatic rings. The van der Waals surface area contributed by atoms with E-state index in [0.717, 1.165) is 22.6 Å². The van der Waals surface area contributed by atoms with E-state index in [2.05, 4.69) is 10.6 Å². The van der Waals surface area contributed by atoms with Gasteiger partial charge in [0, 0.05) is 17.2 Å². The standard InChI is InChI=1S/C16H23FN2O2S/c1-3-16(21,4-2)10-18-15(20)19-13-7-8-22-14-6-5-11(17)9-12(13)14/h5-6,9,13,21H,3-4,7-8,10H2,1-2H3,(H2,18,19,20). The molecule has 0 spiro atoms. The number of thioether (sulfide) groups is 1. The number of hydrogen-bond acceptors (Lipinski definition) is 3. The number of rotatable bonds is 5. The van der Waals surface area contributed by atoms with Crippen molar-refractivity contribution in [3.05, 3.63) is 29.6 Å². The van der Waals surface area contributed by atoms with Crippen molar-refractivity contribution >= 4 is 17.8 Å². The van der Waals surface area contributed by atoms with Gasteiger partial charge in [-0.15, -0.1) is 11.8 Å². The fraction of sp³-hybridized carbons (Fsp3) is 0.562. The monoisotopic (exact) mass is 326 g/mol. The maximum absolute atomic E-state index is 13.4. The van der Waals surface area contributed by atoms with Gasteiger partial charge in [0.15, 0.2) is 0 Å². The molecule has 1 unspecified atom stereocenters. The summed E-state index contributed by atoms with van der Waals surface area (Å²) < 4.78 is 13.4. The van der Waals surface area contributed by atoms with Crippen molar-refractivity contribution in [2.45, 2.75) is 49.6 Å². The number of aliphatic hydroxyl groups is 1. The summed E-state index contributed by atoms with van der Waals surface area (Å²) >= 11 is 1.67. The molecule has 1 aromatic carbocycles. The van der Waals surface area contributed by atoms with Crippen molar-refractivity contribution in [1.82, 2.24) is 10.6 Å². The third-order valence-electron chi connectivity index (χ3n) is 4.21. The first-order valence-electron chi connectivity index (χ1n) is 7.66. The quantitative estimate of drug-likeness (QED) is 0.778. The highest BCUT2D eigenvalue weighted by atomic mass is 32.2. The van der Waals surface area contributed by atoms with Crippen molar-refractivity contribution in [2.75, 3.05) is 12.3 Å². The Bertz CT molecular complexity index is 535. The minimum atomic E-state index is -0.871. The zero-order chi connectivity index (χ0) is 16.2. The highest BCUT2D eigenvalue weighted by molar-refractivity contribution is 7.99. The van der Waals surface area contributed by atoms with Gasteiger partial charge in [0.2, 0.25) is 0 Å². The topological polar surface area (TPSA) is 61.4 Å². The Morgan fingerprint density at radius 3 is 2.86 bits per heavy atom. The summed E-state index contributed by atoms with van der Waals surface area (Å²) in [5, 5.41) is 15.8. The van der Waals surface area contributed by atoms with Gasteiger partial charge in [-0.25, -0.2) is 9.18 Å². The van der Waals surface area contributed by atoms with E-state index in [0.29, 0.717) is 12.8 Å². The molecule has 0 saturated heterocycles. The average molecular weight is 326 g/mol. The van der Waals surface area contributed by atoms with Gasteiger partial charge in [-0.1, -0.05) is 13.8 Å². The molecular formula is C16H23FN2O2S. The van der Waals surface area contributed by atoms with Crippen molar-refractivity contribution < 1.29 is 14.3 Å². The van der Waals surface area contributed by atoms with Crippen molar-refractivity contribution in [2.24, 2.45) is 0 Å². The number of amides is 2. The van der Waals surface area contributed by atoms with Gasteiger partial charge < -0.3 is 15.7 Å². The molecule has 6 heteroatoms. The van der Waals surface area contributed by atoms with Crippen LogP contribution in [0.25, 0.3) is 0 Å². The van der Waals surface area contributed by atoms with Crippen LogP contribution < -0.4 is 10.6 Å². The van der Waals surface area contributed by atoms with Crippen LogP contribution in [0.2, 0.25) is 0 Å². The van der Waals surface area contributed by atoms with Gasteiger partial charge in [-0.05, 0) is 43.0 Å². The highest BCUT2D eigenvalue weighted by Crippen LogP contribution is 2.36. The number of halogens is 1. The van der Waals surface area contributed by atoms with Crippen LogP contribution in [0.3, 0.4) is 0 Å². The van der Waals surface area contributed by atoms with Crippen molar-refractivity contribution in [3.8, 4) is 0 Å². The van der Waals surface area contributed by atoms with Gasteiger partial charge in [0.1, 0.15) is 5.82 Å². The Morgan fingerprint density at radius 1 is 1.45 bits per heavy atom. The summed E-state index contributed by atoms with van der Waals surface area (Å²) in [7, 11) is 0. The number of carbonyl (C=O) groups excluding carboxylic acids is 1. The number of nitrogens with one attached hydrogen (secondary N) is 2. The molecular weight excluding hydrogens is 303 g/mol. The maximum Gasteiger partial charge on any atom is 0.315 e. The van der Waals surface area contributed by atoms with Gasteiger partial charge in [-0.2, -0.15) is 0 Å². The SMILES string of the molecule is CCC(O)(CC)CNC(=O)NC1CCSc2ccc(F)cc21. The smallest absolute Gasteiger partial charge is 0.315 e. The maximum atomic E-state index is 13.4. The molecule has 0 radical (unpaired) electrons. The number of carbonyl (C=O) groups is 1. The normalized spacial score (nSPS) is 17.7. The lowest BCUT2D eigenvalue weighted by Crippen LogP contribution is -2.46. The van der Waals surface area contributed by atoms with E-state index in [1.165, 1.54) is 12.1 Å². The zero-order valence-electron chi connectivity index (χ0n) is 13.0. The first-order valence-corrected chi connectivity index (χ1v) is 8.65. The molecule has 1 atom stereocenters. The first kappa shape index (κ1) is 17.1. The Hall–Kier alpha value is -1.27. The lowest BCUT2D eigenvalue weighted by Gasteiger charge is -2.28. The summed E-state index contributed by atoms with van der Waals surface area (Å²) in [6.45, 7) is 3.99. The predicted molar refractivity (Wildman–Crippen MR) is 86.5 cm³/mol. The fourth-order valence-electron chi connectivity index (χ4n) is 2.47. The second-order valence-electron chi connectivity index (χ2n) is 5.63. The first-order chi connectivity index (χ1) is 10.5. The van der Waals surface area contributed by atoms with E-state index in [4.69, 9.17) is 0 Å². The van der Waals surface area contributed by atoms with Crippen molar-refractivity contribution in [1.29, 1.82) is 0 Å². The van der Waals surface area contributed by atoms with E-state index in [9.17, 15) is 14.3 Å². The van der Waals surface area contributed by atoms with Crippen LogP contribution in [0.1, 0.15) is 44.7 Å². The minimum Gasteiger partial charge on any atom is -0.388 e.